The van der Waals surface area contributed by atoms with Crippen LogP contribution in [0, 0.1) is 0 Å². The zero-order chi connectivity index (χ0) is 16.7. The number of aromatic nitrogens is 2. The second-order valence-electron chi connectivity index (χ2n) is 6.47. The summed E-state index contributed by atoms with van der Waals surface area (Å²) in [7, 11) is -3.30. The molecular formula is C14H21N3O4S2. The largest absolute Gasteiger partial charge is 0.365 e. The third-order valence-electron chi connectivity index (χ3n) is 4.66. The number of carbonyl (C=O) groups excluding carboxylic acids is 1. The van der Waals surface area contributed by atoms with Crippen molar-refractivity contribution in [1.82, 2.24) is 14.5 Å². The van der Waals surface area contributed by atoms with Crippen LogP contribution in [0.5, 0.6) is 0 Å². The number of hydrogen-bond donors (Lipinski definition) is 0. The van der Waals surface area contributed by atoms with E-state index in [0.29, 0.717) is 38.2 Å². The second-order valence-corrected chi connectivity index (χ2v) is 9.43. The normalized spacial score (nSPS) is 26.6. The van der Waals surface area contributed by atoms with Gasteiger partial charge in [-0.1, -0.05) is 4.49 Å². The van der Waals surface area contributed by atoms with E-state index in [9.17, 15) is 13.2 Å². The van der Waals surface area contributed by atoms with Gasteiger partial charge in [0.05, 0.1) is 5.69 Å². The lowest BCUT2D eigenvalue weighted by Crippen LogP contribution is -2.49. The Kier molecular flexibility index (Phi) is 4.45. The lowest BCUT2D eigenvalue weighted by atomic mass is 9.92. The highest BCUT2D eigenvalue weighted by Gasteiger charge is 2.42. The minimum atomic E-state index is -3.30. The van der Waals surface area contributed by atoms with E-state index in [4.69, 9.17) is 4.74 Å². The molecule has 2 aliphatic rings. The summed E-state index contributed by atoms with van der Waals surface area (Å²) in [6.45, 7) is 3.70. The fraction of sp³-hybridized carbons (Fsp3) is 0.786. The number of likely N-dealkylation sites (tertiary alicyclic amines) is 1. The molecule has 1 atom stereocenters. The number of ether oxygens (including phenoxy) is 1. The van der Waals surface area contributed by atoms with Gasteiger partial charge in [0, 0.05) is 43.4 Å². The van der Waals surface area contributed by atoms with E-state index in [-0.39, 0.29) is 16.0 Å². The zero-order valence-corrected chi connectivity index (χ0v) is 15.0. The summed E-state index contributed by atoms with van der Waals surface area (Å²) in [5.41, 5.74) is -0.125. The van der Waals surface area contributed by atoms with Crippen LogP contribution in [0.25, 0.3) is 0 Å². The fourth-order valence-electron chi connectivity index (χ4n) is 3.33. The number of nitrogens with zero attached hydrogens (tertiary/aromatic N) is 3. The van der Waals surface area contributed by atoms with E-state index in [1.807, 2.05) is 11.8 Å². The summed E-state index contributed by atoms with van der Waals surface area (Å²) in [4.78, 5) is 14.5. The Morgan fingerprint density at radius 3 is 2.65 bits per heavy atom. The van der Waals surface area contributed by atoms with Crippen molar-refractivity contribution >= 4 is 27.3 Å². The van der Waals surface area contributed by atoms with Gasteiger partial charge in [-0.3, -0.25) is 4.79 Å². The van der Waals surface area contributed by atoms with Crippen LogP contribution >= 0.6 is 11.5 Å². The number of rotatable bonds is 3. The van der Waals surface area contributed by atoms with Crippen molar-refractivity contribution < 1.29 is 17.9 Å². The average Bonchev–Trinajstić information content (AvgIpc) is 3.16. The molecule has 0 spiro atoms. The van der Waals surface area contributed by atoms with Gasteiger partial charge in [0.15, 0.2) is 14.0 Å². The number of amides is 1. The number of hydrogen-bond acceptors (Lipinski definition) is 7. The maximum absolute atomic E-state index is 12.6. The Labute approximate surface area is 140 Å². The quantitative estimate of drug-likeness (QED) is 0.806. The van der Waals surface area contributed by atoms with Crippen molar-refractivity contribution in [3.8, 4) is 0 Å². The van der Waals surface area contributed by atoms with Crippen LogP contribution < -0.4 is 0 Å². The smallest absolute Gasteiger partial charge is 0.254 e. The van der Waals surface area contributed by atoms with E-state index in [2.05, 4.69) is 9.59 Å². The Morgan fingerprint density at radius 2 is 2.09 bits per heavy atom. The molecular weight excluding hydrogens is 338 g/mol. The third kappa shape index (κ3) is 3.27. The van der Waals surface area contributed by atoms with Crippen LogP contribution in [0.4, 0.5) is 0 Å². The summed E-state index contributed by atoms with van der Waals surface area (Å²) >= 11 is 0.927. The predicted molar refractivity (Wildman–Crippen MR) is 85.2 cm³/mol. The van der Waals surface area contributed by atoms with Crippen molar-refractivity contribution in [3.63, 3.8) is 0 Å². The van der Waals surface area contributed by atoms with Crippen molar-refractivity contribution in [2.45, 2.75) is 48.3 Å². The zero-order valence-electron chi connectivity index (χ0n) is 13.3. The molecule has 0 aromatic carbocycles. The summed E-state index contributed by atoms with van der Waals surface area (Å²) in [5.74, 6) is 0.0908. The van der Waals surface area contributed by atoms with Crippen molar-refractivity contribution in [2.24, 2.45) is 0 Å². The standard InChI is InChI=1S/C14H21N3O4S2/c1-14(6-3-9-21-14)13(18)17-7-4-10(5-8-17)11-12(22-16-15-11)23(2,19)20/h10H,3-9H2,1-2H3/t14-/m1/s1. The van der Waals surface area contributed by atoms with Crippen LogP contribution in [0.15, 0.2) is 4.21 Å². The SMILES string of the molecule is C[C@]1(C(=O)N2CCC(c3nnsc3S(C)(=O)=O)CC2)CCCO1. The molecule has 128 valence electrons. The molecule has 3 heterocycles. The predicted octanol–water partition coefficient (Wildman–Crippen LogP) is 1.22. The molecule has 0 aliphatic carbocycles. The molecule has 3 rings (SSSR count). The topological polar surface area (TPSA) is 89.5 Å². The minimum absolute atomic E-state index is 0.0415. The van der Waals surface area contributed by atoms with Crippen LogP contribution in [0.1, 0.15) is 44.2 Å². The molecule has 7 nitrogen and oxygen atoms in total. The molecule has 0 N–H and O–H groups in total. The van der Waals surface area contributed by atoms with Gasteiger partial charge in [-0.2, -0.15) is 0 Å². The molecule has 1 aromatic heterocycles. The Balaban J connectivity index is 1.67. The molecule has 9 heteroatoms. The van der Waals surface area contributed by atoms with Gasteiger partial charge < -0.3 is 9.64 Å². The van der Waals surface area contributed by atoms with E-state index in [0.717, 1.165) is 24.4 Å². The highest BCUT2D eigenvalue weighted by Crippen LogP contribution is 2.34. The van der Waals surface area contributed by atoms with Crippen molar-refractivity contribution in [2.75, 3.05) is 26.0 Å². The van der Waals surface area contributed by atoms with Gasteiger partial charge in [-0.15, -0.1) is 5.10 Å². The Bertz CT molecular complexity index is 687. The molecule has 1 amide bonds. The van der Waals surface area contributed by atoms with Crippen LogP contribution in [-0.2, 0) is 19.4 Å². The number of sulfone groups is 1. The Morgan fingerprint density at radius 1 is 1.39 bits per heavy atom. The van der Waals surface area contributed by atoms with E-state index in [1.165, 1.54) is 6.26 Å². The number of carbonyl (C=O) groups is 1. The van der Waals surface area contributed by atoms with Gasteiger partial charge in [-0.05, 0) is 32.6 Å². The monoisotopic (exact) mass is 359 g/mol. The first-order valence-corrected chi connectivity index (χ1v) is 10.4. The van der Waals surface area contributed by atoms with E-state index >= 15 is 0 Å². The maximum Gasteiger partial charge on any atom is 0.254 e. The summed E-state index contributed by atoms with van der Waals surface area (Å²) in [6, 6.07) is 0. The molecule has 2 aliphatic heterocycles. The second kappa shape index (κ2) is 6.10. The van der Waals surface area contributed by atoms with E-state index < -0.39 is 15.4 Å². The van der Waals surface area contributed by atoms with Gasteiger partial charge in [0.2, 0.25) is 0 Å². The molecule has 0 radical (unpaired) electrons. The van der Waals surface area contributed by atoms with Gasteiger partial charge >= 0.3 is 0 Å². The average molecular weight is 359 g/mol. The number of piperidine rings is 1. The molecule has 0 saturated carbocycles. The fourth-order valence-corrected chi connectivity index (χ4v) is 5.07. The molecule has 2 fully saturated rings. The first-order chi connectivity index (χ1) is 10.8. The molecule has 0 bridgehead atoms. The molecule has 2 saturated heterocycles. The van der Waals surface area contributed by atoms with E-state index in [1.54, 1.807) is 0 Å². The molecule has 23 heavy (non-hydrogen) atoms. The molecule has 0 unspecified atom stereocenters. The van der Waals surface area contributed by atoms with Gasteiger partial charge in [-0.25, -0.2) is 8.42 Å². The maximum atomic E-state index is 12.6. The molecule has 1 aromatic rings. The first kappa shape index (κ1) is 16.8. The van der Waals surface area contributed by atoms with Crippen molar-refractivity contribution in [1.29, 1.82) is 0 Å². The minimum Gasteiger partial charge on any atom is -0.365 e. The van der Waals surface area contributed by atoms with Gasteiger partial charge in [0.1, 0.15) is 5.60 Å². The van der Waals surface area contributed by atoms with Crippen LogP contribution in [-0.4, -0.2) is 60.4 Å². The summed E-state index contributed by atoms with van der Waals surface area (Å²) in [5, 5.41) is 4.03. The lowest BCUT2D eigenvalue weighted by molar-refractivity contribution is -0.152. The van der Waals surface area contributed by atoms with Crippen LogP contribution in [0.3, 0.4) is 0 Å². The highest BCUT2D eigenvalue weighted by atomic mass is 32.2. The first-order valence-electron chi connectivity index (χ1n) is 7.77. The third-order valence-corrected chi connectivity index (χ3v) is 7.21. The van der Waals surface area contributed by atoms with Crippen molar-refractivity contribution in [3.05, 3.63) is 5.69 Å². The van der Waals surface area contributed by atoms with Gasteiger partial charge in [0.25, 0.3) is 5.91 Å². The summed E-state index contributed by atoms with van der Waals surface area (Å²) in [6.07, 6.45) is 4.27. The van der Waals surface area contributed by atoms with Crippen LogP contribution in [0.2, 0.25) is 0 Å². The highest BCUT2D eigenvalue weighted by molar-refractivity contribution is 7.92. The Hall–Kier alpha value is -1.06. The lowest BCUT2D eigenvalue weighted by Gasteiger charge is -2.36. The summed E-state index contributed by atoms with van der Waals surface area (Å²) < 4.78 is 33.3.